The fraction of sp³-hybridized carbons (Fsp3) is 0.188. The predicted octanol–water partition coefficient (Wildman–Crippen LogP) is 3.12. The van der Waals surface area contributed by atoms with E-state index in [1.54, 1.807) is 30.3 Å². The smallest absolute Gasteiger partial charge is 0.170 e. The monoisotopic (exact) mass is 288 g/mol. The number of halogens is 1. The molecule has 0 aliphatic rings. The Morgan fingerprint density at radius 3 is 2.43 bits per heavy atom. The van der Waals surface area contributed by atoms with Crippen LogP contribution in [0.4, 0.5) is 4.39 Å². The van der Waals surface area contributed by atoms with E-state index in [1.807, 2.05) is 13.8 Å². The average Bonchev–Trinajstić information content (AvgIpc) is 2.47. The summed E-state index contributed by atoms with van der Waals surface area (Å²) in [6, 6.07) is 10.0. The molecular formula is C16H17FN2O2. The first-order chi connectivity index (χ1) is 10.0. The number of hydrogen-bond donors (Lipinski definition) is 2. The molecule has 0 saturated carbocycles. The van der Waals surface area contributed by atoms with Crippen LogP contribution in [0.5, 0.6) is 5.75 Å². The normalized spacial score (nSPS) is 11.5. The van der Waals surface area contributed by atoms with E-state index in [0.29, 0.717) is 16.9 Å². The Hall–Kier alpha value is -2.56. The molecule has 5 heteroatoms. The van der Waals surface area contributed by atoms with E-state index < -0.39 is 0 Å². The zero-order valence-electron chi connectivity index (χ0n) is 11.9. The van der Waals surface area contributed by atoms with Gasteiger partial charge in [-0.3, -0.25) is 0 Å². The first-order valence-electron chi connectivity index (χ1n) is 6.48. The molecule has 0 atom stereocenters. The lowest BCUT2D eigenvalue weighted by Gasteiger charge is -2.14. The summed E-state index contributed by atoms with van der Waals surface area (Å²) >= 11 is 0. The van der Waals surface area contributed by atoms with Gasteiger partial charge in [-0.15, -0.1) is 0 Å². The Morgan fingerprint density at radius 1 is 1.24 bits per heavy atom. The Labute approximate surface area is 122 Å². The number of ether oxygens (including phenoxy) is 1. The van der Waals surface area contributed by atoms with E-state index in [4.69, 9.17) is 15.7 Å². The van der Waals surface area contributed by atoms with Gasteiger partial charge in [0.05, 0.1) is 0 Å². The van der Waals surface area contributed by atoms with Crippen molar-refractivity contribution in [1.29, 1.82) is 0 Å². The molecule has 4 nitrogen and oxygen atoms in total. The van der Waals surface area contributed by atoms with Gasteiger partial charge in [0.15, 0.2) is 5.84 Å². The van der Waals surface area contributed by atoms with E-state index >= 15 is 0 Å². The van der Waals surface area contributed by atoms with Crippen molar-refractivity contribution < 1.29 is 14.3 Å². The van der Waals surface area contributed by atoms with Crippen LogP contribution in [-0.4, -0.2) is 11.0 Å². The van der Waals surface area contributed by atoms with Crippen molar-refractivity contribution in [1.82, 2.24) is 0 Å². The molecule has 2 aromatic carbocycles. The minimum absolute atomic E-state index is 0.0434. The molecule has 0 unspecified atom stereocenters. The summed E-state index contributed by atoms with van der Waals surface area (Å²) in [5, 5.41) is 11.7. The Bertz CT molecular complexity index is 661. The summed E-state index contributed by atoms with van der Waals surface area (Å²) in [6.07, 6.45) is 0. The van der Waals surface area contributed by atoms with Crippen molar-refractivity contribution in [3.05, 3.63) is 64.5 Å². The van der Waals surface area contributed by atoms with Crippen molar-refractivity contribution >= 4 is 5.84 Å². The third kappa shape index (κ3) is 3.31. The Morgan fingerprint density at radius 2 is 1.86 bits per heavy atom. The molecule has 0 radical (unpaired) electrons. The van der Waals surface area contributed by atoms with Crippen molar-refractivity contribution in [2.75, 3.05) is 0 Å². The average molecular weight is 288 g/mol. The highest BCUT2D eigenvalue weighted by Gasteiger charge is 2.10. The zero-order valence-corrected chi connectivity index (χ0v) is 11.9. The fourth-order valence-electron chi connectivity index (χ4n) is 2.15. The van der Waals surface area contributed by atoms with Crippen LogP contribution in [0, 0.1) is 19.7 Å². The van der Waals surface area contributed by atoms with E-state index in [2.05, 4.69) is 5.16 Å². The number of hydrogen-bond acceptors (Lipinski definition) is 3. The van der Waals surface area contributed by atoms with Gasteiger partial charge in [0.1, 0.15) is 18.2 Å². The largest absolute Gasteiger partial charge is 0.488 e. The molecule has 2 aromatic rings. The molecule has 3 N–H and O–H groups in total. The van der Waals surface area contributed by atoms with Gasteiger partial charge in [-0.1, -0.05) is 23.4 Å². The number of benzene rings is 2. The molecule has 2 rings (SSSR count). The fourth-order valence-corrected chi connectivity index (χ4v) is 2.15. The molecule has 0 heterocycles. The van der Waals surface area contributed by atoms with Crippen molar-refractivity contribution in [3.8, 4) is 5.75 Å². The summed E-state index contributed by atoms with van der Waals surface area (Å²) in [6.45, 7) is 3.87. The topological polar surface area (TPSA) is 67.8 Å². The van der Waals surface area contributed by atoms with Crippen LogP contribution in [-0.2, 0) is 6.61 Å². The highest BCUT2D eigenvalue weighted by Crippen LogP contribution is 2.26. The van der Waals surface area contributed by atoms with Crippen LogP contribution in [0.15, 0.2) is 41.6 Å². The number of nitrogens with two attached hydrogens (primary N) is 1. The van der Waals surface area contributed by atoms with Crippen LogP contribution in [0.2, 0.25) is 0 Å². The molecule has 0 aliphatic heterocycles. The molecule has 0 aromatic heterocycles. The number of oxime groups is 1. The highest BCUT2D eigenvalue weighted by atomic mass is 19.1. The summed E-state index contributed by atoms with van der Waals surface area (Å²) in [5.74, 6) is 0.427. The lowest BCUT2D eigenvalue weighted by Crippen LogP contribution is -2.14. The van der Waals surface area contributed by atoms with E-state index in [0.717, 1.165) is 11.1 Å². The number of nitrogens with zero attached hydrogens (tertiary/aromatic N) is 1. The molecular weight excluding hydrogens is 271 g/mol. The lowest BCUT2D eigenvalue weighted by molar-refractivity contribution is 0.295. The van der Waals surface area contributed by atoms with Gasteiger partial charge in [0.2, 0.25) is 0 Å². The van der Waals surface area contributed by atoms with Crippen LogP contribution in [0.3, 0.4) is 0 Å². The van der Waals surface area contributed by atoms with Crippen molar-refractivity contribution in [2.24, 2.45) is 10.9 Å². The van der Waals surface area contributed by atoms with Gasteiger partial charge in [-0.2, -0.15) is 0 Å². The van der Waals surface area contributed by atoms with Gasteiger partial charge in [0.25, 0.3) is 0 Å². The van der Waals surface area contributed by atoms with Gasteiger partial charge in [-0.05, 0) is 43.2 Å². The second-order valence-electron chi connectivity index (χ2n) is 4.80. The van der Waals surface area contributed by atoms with E-state index in [-0.39, 0.29) is 18.3 Å². The van der Waals surface area contributed by atoms with Gasteiger partial charge in [0, 0.05) is 11.1 Å². The summed E-state index contributed by atoms with van der Waals surface area (Å²) in [5.41, 5.74) is 8.37. The zero-order chi connectivity index (χ0) is 15.4. The van der Waals surface area contributed by atoms with Crippen LogP contribution in [0.1, 0.15) is 22.3 Å². The lowest BCUT2D eigenvalue weighted by atomic mass is 10.0. The molecule has 0 fully saturated rings. The SMILES string of the molecule is Cc1cc(C(N)=NO)cc(C)c1OCc1ccccc1F. The second kappa shape index (κ2) is 6.26. The number of amidine groups is 1. The van der Waals surface area contributed by atoms with Crippen LogP contribution < -0.4 is 10.5 Å². The maximum atomic E-state index is 13.6. The molecule has 0 aliphatic carbocycles. The Balaban J connectivity index is 2.23. The van der Waals surface area contributed by atoms with Crippen molar-refractivity contribution in [2.45, 2.75) is 20.5 Å². The number of rotatable bonds is 4. The third-order valence-electron chi connectivity index (χ3n) is 3.19. The van der Waals surface area contributed by atoms with Gasteiger partial charge < -0.3 is 15.7 Å². The molecule has 0 saturated heterocycles. The maximum Gasteiger partial charge on any atom is 0.170 e. The Kier molecular flexibility index (Phi) is 4.42. The first-order valence-corrected chi connectivity index (χ1v) is 6.48. The highest BCUT2D eigenvalue weighted by molar-refractivity contribution is 5.97. The van der Waals surface area contributed by atoms with Crippen molar-refractivity contribution in [3.63, 3.8) is 0 Å². The standard InChI is InChI=1S/C16H17FN2O2/c1-10-7-13(16(18)19-20)8-11(2)15(10)21-9-12-5-3-4-6-14(12)17/h3-8,20H,9H2,1-2H3,(H2,18,19). The number of aryl methyl sites for hydroxylation is 2. The molecule has 0 bridgehead atoms. The summed E-state index contributed by atoms with van der Waals surface area (Å²) in [7, 11) is 0. The quantitative estimate of drug-likeness (QED) is 0.393. The third-order valence-corrected chi connectivity index (χ3v) is 3.19. The van der Waals surface area contributed by atoms with Crippen LogP contribution >= 0.6 is 0 Å². The molecule has 0 spiro atoms. The van der Waals surface area contributed by atoms with E-state index in [9.17, 15) is 4.39 Å². The van der Waals surface area contributed by atoms with Crippen LogP contribution in [0.25, 0.3) is 0 Å². The predicted molar refractivity (Wildman–Crippen MR) is 79.2 cm³/mol. The van der Waals surface area contributed by atoms with Gasteiger partial charge >= 0.3 is 0 Å². The van der Waals surface area contributed by atoms with Gasteiger partial charge in [-0.25, -0.2) is 4.39 Å². The first kappa shape index (κ1) is 14.8. The van der Waals surface area contributed by atoms with E-state index in [1.165, 1.54) is 6.07 Å². The second-order valence-corrected chi connectivity index (χ2v) is 4.80. The minimum atomic E-state index is -0.291. The molecule has 0 amide bonds. The summed E-state index contributed by atoms with van der Waals surface area (Å²) in [4.78, 5) is 0. The summed E-state index contributed by atoms with van der Waals surface area (Å²) < 4.78 is 19.3. The molecule has 21 heavy (non-hydrogen) atoms. The minimum Gasteiger partial charge on any atom is -0.488 e. The molecule has 110 valence electrons. The maximum absolute atomic E-state index is 13.6.